The van der Waals surface area contributed by atoms with Crippen molar-refractivity contribution in [2.75, 3.05) is 10.6 Å². The van der Waals surface area contributed by atoms with Crippen LogP contribution in [0.4, 0.5) is 16.6 Å². The predicted molar refractivity (Wildman–Crippen MR) is 97.0 cm³/mol. The quantitative estimate of drug-likeness (QED) is 0.641. The largest absolute Gasteiger partial charge is 0.465 e. The number of aromatic nitrogens is 3. The van der Waals surface area contributed by atoms with E-state index in [4.69, 9.17) is 10.4 Å². The molecule has 0 unspecified atom stereocenters. The summed E-state index contributed by atoms with van der Waals surface area (Å²) in [6.45, 7) is 3.97. The summed E-state index contributed by atoms with van der Waals surface area (Å²) in [5, 5.41) is 27.7. The molecule has 3 rings (SSSR count). The van der Waals surface area contributed by atoms with Crippen molar-refractivity contribution >= 4 is 28.8 Å². The summed E-state index contributed by atoms with van der Waals surface area (Å²) < 4.78 is 0. The number of rotatable bonds is 5. The molecule has 2 heterocycles. The molecule has 2 aromatic rings. The van der Waals surface area contributed by atoms with Crippen molar-refractivity contribution in [1.82, 2.24) is 20.3 Å². The molecule has 9 nitrogen and oxygen atoms in total. The van der Waals surface area contributed by atoms with Gasteiger partial charge in [0, 0.05) is 29.7 Å². The maximum absolute atomic E-state index is 10.8. The van der Waals surface area contributed by atoms with Gasteiger partial charge < -0.3 is 21.1 Å². The van der Waals surface area contributed by atoms with Crippen LogP contribution in [0.1, 0.15) is 38.8 Å². The Labute approximate surface area is 150 Å². The van der Waals surface area contributed by atoms with Crippen LogP contribution >= 0.6 is 0 Å². The van der Waals surface area contributed by atoms with Crippen LogP contribution < -0.4 is 16.0 Å². The zero-order chi connectivity index (χ0) is 18.7. The molecule has 0 aromatic carbocycles. The van der Waals surface area contributed by atoms with Gasteiger partial charge >= 0.3 is 6.09 Å². The van der Waals surface area contributed by atoms with Crippen LogP contribution in [0.25, 0.3) is 10.9 Å². The third kappa shape index (κ3) is 4.08. The van der Waals surface area contributed by atoms with Gasteiger partial charge in [-0.1, -0.05) is 0 Å². The molecule has 9 heteroatoms. The number of nitriles is 1. The Balaban J connectivity index is 1.82. The van der Waals surface area contributed by atoms with E-state index in [2.05, 4.69) is 30.9 Å². The van der Waals surface area contributed by atoms with E-state index in [1.165, 1.54) is 0 Å². The molecule has 0 radical (unpaired) electrons. The second-order valence-corrected chi connectivity index (χ2v) is 6.70. The number of hydrogen-bond donors (Lipinski definition) is 4. The number of fused-ring (bicyclic) bond motifs is 1. The number of anilines is 2. The molecular weight excluding hydrogens is 334 g/mol. The van der Waals surface area contributed by atoms with Crippen molar-refractivity contribution in [2.45, 2.75) is 51.2 Å². The zero-order valence-corrected chi connectivity index (χ0v) is 14.7. The van der Waals surface area contributed by atoms with Crippen LogP contribution in [0.5, 0.6) is 0 Å². The van der Waals surface area contributed by atoms with Gasteiger partial charge in [-0.05, 0) is 39.2 Å². The fourth-order valence-electron chi connectivity index (χ4n) is 3.14. The summed E-state index contributed by atoms with van der Waals surface area (Å²) in [5.41, 5.74) is 0.955. The number of carboxylic acid groups (broad SMARTS) is 1. The van der Waals surface area contributed by atoms with Crippen molar-refractivity contribution in [3.63, 3.8) is 0 Å². The molecule has 26 heavy (non-hydrogen) atoms. The zero-order valence-electron chi connectivity index (χ0n) is 14.7. The SMILES string of the molecule is CC(C)Nc1nc(C#N)cc2cnc(N[C@H]3CC[C@H](NC(=O)O)C3)nc12. The van der Waals surface area contributed by atoms with Crippen molar-refractivity contribution in [3.8, 4) is 6.07 Å². The standard InChI is InChI=1S/C17H21N7O2/c1-9(2)20-15-14-10(5-13(7-18)21-15)8-19-16(24-14)22-11-3-4-12(6-11)23-17(25)26/h5,8-9,11-12,23H,3-4,6H2,1-2H3,(H,20,21)(H,25,26)(H,19,22,24)/t11-,12-/m0/s1. The van der Waals surface area contributed by atoms with Crippen molar-refractivity contribution in [3.05, 3.63) is 18.0 Å². The van der Waals surface area contributed by atoms with E-state index in [1.54, 1.807) is 12.3 Å². The van der Waals surface area contributed by atoms with Crippen LogP contribution in [0.3, 0.4) is 0 Å². The molecule has 2 aromatic heterocycles. The first-order chi connectivity index (χ1) is 12.4. The van der Waals surface area contributed by atoms with Gasteiger partial charge in [0.15, 0.2) is 5.82 Å². The van der Waals surface area contributed by atoms with Crippen molar-refractivity contribution < 1.29 is 9.90 Å². The van der Waals surface area contributed by atoms with Gasteiger partial charge in [-0.15, -0.1) is 0 Å². The number of pyridine rings is 1. The second kappa shape index (κ2) is 7.39. The molecule has 0 saturated heterocycles. The Morgan fingerprint density at radius 1 is 1.35 bits per heavy atom. The molecule has 136 valence electrons. The molecule has 0 bridgehead atoms. The molecule has 1 fully saturated rings. The van der Waals surface area contributed by atoms with E-state index < -0.39 is 6.09 Å². The Hall–Kier alpha value is -3.15. The van der Waals surface area contributed by atoms with E-state index in [9.17, 15) is 4.79 Å². The third-order valence-electron chi connectivity index (χ3n) is 4.20. The topological polar surface area (TPSA) is 136 Å². The van der Waals surface area contributed by atoms with Gasteiger partial charge in [0.25, 0.3) is 0 Å². The van der Waals surface area contributed by atoms with Crippen molar-refractivity contribution in [2.24, 2.45) is 0 Å². The highest BCUT2D eigenvalue weighted by molar-refractivity contribution is 5.89. The maximum Gasteiger partial charge on any atom is 0.404 e. The number of amides is 1. The fraction of sp³-hybridized carbons (Fsp3) is 0.471. The van der Waals surface area contributed by atoms with E-state index in [-0.39, 0.29) is 18.1 Å². The first-order valence-electron chi connectivity index (χ1n) is 8.55. The van der Waals surface area contributed by atoms with E-state index >= 15 is 0 Å². The van der Waals surface area contributed by atoms with Crippen LogP contribution in [0.15, 0.2) is 12.3 Å². The monoisotopic (exact) mass is 355 g/mol. The lowest BCUT2D eigenvalue weighted by Crippen LogP contribution is -2.32. The molecule has 1 amide bonds. The number of nitrogens with zero attached hydrogens (tertiary/aromatic N) is 4. The summed E-state index contributed by atoms with van der Waals surface area (Å²) in [5.74, 6) is 1.02. The highest BCUT2D eigenvalue weighted by atomic mass is 16.4. The summed E-state index contributed by atoms with van der Waals surface area (Å²) >= 11 is 0. The lowest BCUT2D eigenvalue weighted by atomic mass is 10.2. The van der Waals surface area contributed by atoms with Crippen molar-refractivity contribution in [1.29, 1.82) is 5.26 Å². The molecule has 4 N–H and O–H groups in total. The Bertz CT molecular complexity index is 862. The van der Waals surface area contributed by atoms with E-state index in [1.807, 2.05) is 19.9 Å². The number of carbonyl (C=O) groups is 1. The normalized spacial score (nSPS) is 19.3. The number of hydrogen-bond acceptors (Lipinski definition) is 7. The molecule has 1 aliphatic rings. The van der Waals surface area contributed by atoms with Gasteiger partial charge in [0.2, 0.25) is 5.95 Å². The van der Waals surface area contributed by atoms with E-state index in [0.29, 0.717) is 29.4 Å². The minimum absolute atomic E-state index is 0.0523. The molecule has 0 spiro atoms. The highest BCUT2D eigenvalue weighted by Gasteiger charge is 2.26. The lowest BCUT2D eigenvalue weighted by Gasteiger charge is -2.15. The van der Waals surface area contributed by atoms with Crippen LogP contribution in [-0.4, -0.2) is 44.3 Å². The summed E-state index contributed by atoms with van der Waals surface area (Å²) in [6, 6.07) is 3.91. The summed E-state index contributed by atoms with van der Waals surface area (Å²) in [4.78, 5) is 24.0. The van der Waals surface area contributed by atoms with Gasteiger partial charge in [-0.3, -0.25) is 0 Å². The summed E-state index contributed by atoms with van der Waals surface area (Å²) in [6.07, 6.45) is 2.98. The Kier molecular flexibility index (Phi) is 5.02. The lowest BCUT2D eigenvalue weighted by molar-refractivity contribution is 0.190. The van der Waals surface area contributed by atoms with Gasteiger partial charge in [-0.25, -0.2) is 19.7 Å². The maximum atomic E-state index is 10.8. The molecular formula is C17H21N7O2. The average Bonchev–Trinajstić information content (AvgIpc) is 3.00. The molecule has 2 atom stereocenters. The van der Waals surface area contributed by atoms with Gasteiger partial charge in [0.05, 0.1) is 0 Å². The molecule has 0 aliphatic heterocycles. The van der Waals surface area contributed by atoms with Gasteiger partial charge in [-0.2, -0.15) is 5.26 Å². The first-order valence-corrected chi connectivity index (χ1v) is 8.55. The fourth-order valence-corrected chi connectivity index (χ4v) is 3.14. The predicted octanol–water partition coefficient (Wildman–Crippen LogP) is 2.32. The first kappa shape index (κ1) is 17.7. The smallest absolute Gasteiger partial charge is 0.404 e. The molecule has 1 saturated carbocycles. The summed E-state index contributed by atoms with van der Waals surface area (Å²) in [7, 11) is 0. The minimum atomic E-state index is -0.999. The number of nitrogens with one attached hydrogen (secondary N) is 3. The molecule has 1 aliphatic carbocycles. The van der Waals surface area contributed by atoms with Crippen LogP contribution in [0.2, 0.25) is 0 Å². The van der Waals surface area contributed by atoms with Gasteiger partial charge in [0.1, 0.15) is 17.3 Å². The van der Waals surface area contributed by atoms with Crippen LogP contribution in [0, 0.1) is 11.3 Å². The Morgan fingerprint density at radius 2 is 2.12 bits per heavy atom. The second-order valence-electron chi connectivity index (χ2n) is 6.70. The minimum Gasteiger partial charge on any atom is -0.465 e. The van der Waals surface area contributed by atoms with E-state index in [0.717, 1.165) is 18.2 Å². The van der Waals surface area contributed by atoms with Crippen LogP contribution in [-0.2, 0) is 0 Å². The Morgan fingerprint density at radius 3 is 2.81 bits per heavy atom. The average molecular weight is 355 g/mol. The highest BCUT2D eigenvalue weighted by Crippen LogP contribution is 2.25. The third-order valence-corrected chi connectivity index (χ3v) is 4.20.